The SMILES string of the molecule is CCCCCCC(CCCCC)(C(=O)O)N1CC1. The molecule has 0 bridgehead atoms. The van der Waals surface area contributed by atoms with Crippen LogP contribution < -0.4 is 0 Å². The van der Waals surface area contributed by atoms with Crippen molar-refractivity contribution >= 4 is 5.97 Å². The van der Waals surface area contributed by atoms with Crippen molar-refractivity contribution in [2.75, 3.05) is 13.1 Å². The third-order valence-corrected chi connectivity index (χ3v) is 4.09. The van der Waals surface area contributed by atoms with Gasteiger partial charge in [0.2, 0.25) is 0 Å². The molecular weight excluding hydrogens is 226 g/mol. The van der Waals surface area contributed by atoms with Crippen molar-refractivity contribution in [3.05, 3.63) is 0 Å². The minimum atomic E-state index is -0.590. The van der Waals surface area contributed by atoms with Gasteiger partial charge in [0.15, 0.2) is 0 Å². The molecule has 1 unspecified atom stereocenters. The fourth-order valence-electron chi connectivity index (χ4n) is 2.78. The molecule has 1 fully saturated rings. The van der Waals surface area contributed by atoms with E-state index in [-0.39, 0.29) is 0 Å². The Morgan fingerprint density at radius 1 is 1.00 bits per heavy atom. The lowest BCUT2D eigenvalue weighted by atomic mass is 9.86. The fraction of sp³-hybridized carbons (Fsp3) is 0.933. The van der Waals surface area contributed by atoms with Crippen LogP contribution in [0, 0.1) is 0 Å². The van der Waals surface area contributed by atoms with E-state index in [1.54, 1.807) is 0 Å². The lowest BCUT2D eigenvalue weighted by Crippen LogP contribution is -2.46. The summed E-state index contributed by atoms with van der Waals surface area (Å²) in [6.45, 7) is 6.32. The highest BCUT2D eigenvalue weighted by molar-refractivity contribution is 5.79. The molecule has 3 heteroatoms. The maximum absolute atomic E-state index is 11.7. The van der Waals surface area contributed by atoms with Crippen LogP contribution in [0.5, 0.6) is 0 Å². The zero-order valence-electron chi connectivity index (χ0n) is 12.1. The molecule has 1 N–H and O–H groups in total. The van der Waals surface area contributed by atoms with E-state index in [0.29, 0.717) is 0 Å². The first kappa shape index (κ1) is 15.5. The van der Waals surface area contributed by atoms with Crippen LogP contribution in [0.3, 0.4) is 0 Å². The third kappa shape index (κ3) is 4.27. The van der Waals surface area contributed by atoms with Gasteiger partial charge in [-0.05, 0) is 12.8 Å². The number of unbranched alkanes of at least 4 members (excludes halogenated alkanes) is 5. The van der Waals surface area contributed by atoms with Crippen molar-refractivity contribution in [3.8, 4) is 0 Å². The monoisotopic (exact) mass is 255 g/mol. The average Bonchev–Trinajstić information content (AvgIpc) is 3.16. The zero-order valence-corrected chi connectivity index (χ0v) is 12.1. The van der Waals surface area contributed by atoms with Gasteiger partial charge in [-0.15, -0.1) is 0 Å². The molecule has 0 aliphatic carbocycles. The second kappa shape index (κ2) is 7.78. The summed E-state index contributed by atoms with van der Waals surface area (Å²) in [4.78, 5) is 13.9. The van der Waals surface area contributed by atoms with Gasteiger partial charge in [0.1, 0.15) is 5.54 Å². The molecule has 0 spiro atoms. The van der Waals surface area contributed by atoms with Crippen molar-refractivity contribution in [3.63, 3.8) is 0 Å². The molecular formula is C15H29NO2. The Hall–Kier alpha value is -0.570. The van der Waals surface area contributed by atoms with Crippen LogP contribution in [-0.4, -0.2) is 34.6 Å². The van der Waals surface area contributed by atoms with Crippen LogP contribution in [-0.2, 0) is 4.79 Å². The molecule has 0 radical (unpaired) electrons. The standard InChI is InChI=1S/C15H29NO2/c1-3-5-7-9-11-15(14(17)18,16-12-13-16)10-8-6-4-2/h3-13H2,1-2H3,(H,17,18). The molecule has 0 saturated carbocycles. The summed E-state index contributed by atoms with van der Waals surface area (Å²) >= 11 is 0. The van der Waals surface area contributed by atoms with Crippen molar-refractivity contribution in [1.29, 1.82) is 0 Å². The van der Waals surface area contributed by atoms with Crippen LogP contribution in [0.4, 0.5) is 0 Å². The second-order valence-corrected chi connectivity index (χ2v) is 5.59. The van der Waals surface area contributed by atoms with Gasteiger partial charge in [0.05, 0.1) is 0 Å². The van der Waals surface area contributed by atoms with E-state index < -0.39 is 11.5 Å². The molecule has 1 aliphatic heterocycles. The Morgan fingerprint density at radius 2 is 1.50 bits per heavy atom. The summed E-state index contributed by atoms with van der Waals surface area (Å²) in [5.74, 6) is -0.590. The first-order valence-corrected chi connectivity index (χ1v) is 7.66. The highest BCUT2D eigenvalue weighted by atomic mass is 16.4. The maximum atomic E-state index is 11.7. The van der Waals surface area contributed by atoms with E-state index in [1.165, 1.54) is 19.3 Å². The molecule has 0 aromatic heterocycles. The molecule has 1 atom stereocenters. The predicted molar refractivity (Wildman–Crippen MR) is 74.8 cm³/mol. The number of carboxylic acid groups (broad SMARTS) is 1. The molecule has 0 aromatic rings. The molecule has 18 heavy (non-hydrogen) atoms. The Balaban J connectivity index is 2.51. The quantitative estimate of drug-likeness (QED) is 0.452. The highest BCUT2D eigenvalue weighted by Crippen LogP contribution is 2.34. The molecule has 0 amide bonds. The Bertz CT molecular complexity index is 251. The second-order valence-electron chi connectivity index (χ2n) is 5.59. The van der Waals surface area contributed by atoms with Gasteiger partial charge in [-0.3, -0.25) is 9.69 Å². The lowest BCUT2D eigenvalue weighted by molar-refractivity contribution is -0.149. The van der Waals surface area contributed by atoms with E-state index in [1.807, 2.05) is 0 Å². The molecule has 0 aromatic carbocycles. The number of nitrogens with zero attached hydrogens (tertiary/aromatic N) is 1. The summed E-state index contributed by atoms with van der Waals surface area (Å²) in [5, 5.41) is 9.65. The molecule has 1 saturated heterocycles. The number of rotatable bonds is 11. The number of carbonyl (C=O) groups is 1. The van der Waals surface area contributed by atoms with Gasteiger partial charge in [0.25, 0.3) is 0 Å². The van der Waals surface area contributed by atoms with Gasteiger partial charge >= 0.3 is 5.97 Å². The van der Waals surface area contributed by atoms with Crippen molar-refractivity contribution < 1.29 is 9.90 Å². The minimum Gasteiger partial charge on any atom is -0.480 e. The average molecular weight is 255 g/mol. The third-order valence-electron chi connectivity index (χ3n) is 4.09. The Morgan fingerprint density at radius 3 is 1.94 bits per heavy atom. The van der Waals surface area contributed by atoms with E-state index in [2.05, 4.69) is 18.7 Å². The van der Waals surface area contributed by atoms with Crippen molar-refractivity contribution in [1.82, 2.24) is 4.90 Å². The van der Waals surface area contributed by atoms with Gasteiger partial charge in [-0.1, -0.05) is 58.8 Å². The topological polar surface area (TPSA) is 40.3 Å². The molecule has 1 rings (SSSR count). The number of hydrogen-bond donors (Lipinski definition) is 1. The van der Waals surface area contributed by atoms with Gasteiger partial charge in [-0.2, -0.15) is 0 Å². The van der Waals surface area contributed by atoms with Crippen molar-refractivity contribution in [2.24, 2.45) is 0 Å². The summed E-state index contributed by atoms with van der Waals surface area (Å²) in [7, 11) is 0. The van der Waals surface area contributed by atoms with Gasteiger partial charge in [-0.25, -0.2) is 0 Å². The van der Waals surface area contributed by atoms with E-state index in [9.17, 15) is 9.90 Å². The summed E-state index contributed by atoms with van der Waals surface area (Å²) < 4.78 is 0. The van der Waals surface area contributed by atoms with Gasteiger partial charge in [0, 0.05) is 13.1 Å². The van der Waals surface area contributed by atoms with Crippen LogP contribution in [0.25, 0.3) is 0 Å². The Kier molecular flexibility index (Phi) is 6.69. The lowest BCUT2D eigenvalue weighted by Gasteiger charge is -2.31. The van der Waals surface area contributed by atoms with Crippen LogP contribution in [0.2, 0.25) is 0 Å². The number of carboxylic acids is 1. The van der Waals surface area contributed by atoms with E-state index in [0.717, 1.165) is 51.6 Å². The largest absolute Gasteiger partial charge is 0.480 e. The maximum Gasteiger partial charge on any atom is 0.324 e. The molecule has 1 aliphatic rings. The first-order chi connectivity index (χ1) is 8.67. The minimum absolute atomic E-state index is 0.539. The summed E-state index contributed by atoms with van der Waals surface area (Å²) in [6.07, 6.45) is 9.70. The Labute approximate surface area is 112 Å². The highest BCUT2D eigenvalue weighted by Gasteiger charge is 2.47. The summed E-state index contributed by atoms with van der Waals surface area (Å²) in [5.41, 5.74) is -0.539. The van der Waals surface area contributed by atoms with E-state index in [4.69, 9.17) is 0 Å². The van der Waals surface area contributed by atoms with Gasteiger partial charge < -0.3 is 5.11 Å². The van der Waals surface area contributed by atoms with Crippen LogP contribution >= 0.6 is 0 Å². The smallest absolute Gasteiger partial charge is 0.324 e. The molecule has 3 nitrogen and oxygen atoms in total. The normalized spacial score (nSPS) is 18.6. The fourth-order valence-corrected chi connectivity index (χ4v) is 2.78. The summed E-state index contributed by atoms with van der Waals surface area (Å²) in [6, 6.07) is 0. The van der Waals surface area contributed by atoms with Crippen LogP contribution in [0.15, 0.2) is 0 Å². The first-order valence-electron chi connectivity index (χ1n) is 7.66. The predicted octanol–water partition coefficient (Wildman–Crippen LogP) is 3.68. The van der Waals surface area contributed by atoms with Crippen LogP contribution in [0.1, 0.15) is 71.6 Å². The number of hydrogen-bond acceptors (Lipinski definition) is 2. The van der Waals surface area contributed by atoms with Crippen molar-refractivity contribution in [2.45, 2.75) is 77.2 Å². The zero-order chi connectivity index (χ0) is 13.4. The molecule has 106 valence electrons. The number of aliphatic carboxylic acids is 1. The van der Waals surface area contributed by atoms with E-state index >= 15 is 0 Å². The molecule has 1 heterocycles.